The average Bonchev–Trinajstić information content (AvgIpc) is 2.69. The summed E-state index contributed by atoms with van der Waals surface area (Å²) < 4.78 is 5.40. The molecular formula is C22H29N2O2+. The minimum Gasteiger partial charge on any atom is -0.370 e. The Morgan fingerprint density at radius 3 is 2.31 bits per heavy atom. The van der Waals surface area contributed by atoms with Crippen molar-refractivity contribution in [1.82, 2.24) is 0 Å². The van der Waals surface area contributed by atoms with Gasteiger partial charge in [-0.05, 0) is 42.7 Å². The van der Waals surface area contributed by atoms with Gasteiger partial charge in [0.25, 0.3) is 5.91 Å². The molecule has 138 valence electrons. The lowest BCUT2D eigenvalue weighted by Gasteiger charge is -2.23. The molecule has 0 aliphatic carbocycles. The summed E-state index contributed by atoms with van der Waals surface area (Å²) in [6.45, 7) is 6.97. The second kappa shape index (κ2) is 9.51. The van der Waals surface area contributed by atoms with Crippen molar-refractivity contribution in [2.75, 3.05) is 31.6 Å². The van der Waals surface area contributed by atoms with E-state index >= 15 is 0 Å². The van der Waals surface area contributed by atoms with Crippen LogP contribution in [0.25, 0.3) is 0 Å². The largest absolute Gasteiger partial charge is 0.370 e. The van der Waals surface area contributed by atoms with E-state index in [1.165, 1.54) is 28.9 Å². The molecule has 2 aromatic carbocycles. The lowest BCUT2D eigenvalue weighted by Crippen LogP contribution is -3.12. The number of nitrogens with one attached hydrogen (secondary N) is 2. The third kappa shape index (κ3) is 5.41. The van der Waals surface area contributed by atoms with Crippen LogP contribution in [0.5, 0.6) is 0 Å². The van der Waals surface area contributed by atoms with Gasteiger partial charge in [-0.15, -0.1) is 0 Å². The Kier molecular flexibility index (Phi) is 6.81. The van der Waals surface area contributed by atoms with E-state index < -0.39 is 0 Å². The molecule has 1 aliphatic rings. The molecule has 0 saturated carbocycles. The maximum atomic E-state index is 12.4. The van der Waals surface area contributed by atoms with E-state index in [1.807, 2.05) is 24.3 Å². The summed E-state index contributed by atoms with van der Waals surface area (Å²) >= 11 is 0. The van der Waals surface area contributed by atoms with Gasteiger partial charge in [-0.25, -0.2) is 0 Å². The Hall–Kier alpha value is -2.17. The number of ether oxygens (including phenoxy) is 1. The Balaban J connectivity index is 1.54. The summed E-state index contributed by atoms with van der Waals surface area (Å²) in [6.07, 6.45) is 3.49. The molecule has 4 nitrogen and oxygen atoms in total. The monoisotopic (exact) mass is 353 g/mol. The molecule has 2 aromatic rings. The molecule has 1 fully saturated rings. The number of benzene rings is 2. The summed E-state index contributed by atoms with van der Waals surface area (Å²) in [4.78, 5) is 14.0. The average molecular weight is 353 g/mol. The van der Waals surface area contributed by atoms with Crippen molar-refractivity contribution in [3.05, 3.63) is 65.2 Å². The smallest absolute Gasteiger partial charge is 0.255 e. The van der Waals surface area contributed by atoms with Crippen molar-refractivity contribution >= 4 is 11.6 Å². The maximum Gasteiger partial charge on any atom is 0.255 e. The van der Waals surface area contributed by atoms with Crippen LogP contribution >= 0.6 is 0 Å². The number of carbonyl (C=O) groups is 1. The number of morpholine rings is 1. The van der Waals surface area contributed by atoms with Crippen molar-refractivity contribution in [2.24, 2.45) is 0 Å². The van der Waals surface area contributed by atoms with Gasteiger partial charge in [-0.2, -0.15) is 0 Å². The molecule has 0 aromatic heterocycles. The van der Waals surface area contributed by atoms with Gasteiger partial charge in [-0.3, -0.25) is 4.79 Å². The lowest BCUT2D eigenvalue weighted by molar-refractivity contribution is -0.921. The van der Waals surface area contributed by atoms with Crippen molar-refractivity contribution in [1.29, 1.82) is 0 Å². The Morgan fingerprint density at radius 2 is 1.65 bits per heavy atom. The highest BCUT2D eigenvalue weighted by atomic mass is 16.5. The van der Waals surface area contributed by atoms with Crippen LogP contribution in [-0.2, 0) is 17.7 Å². The molecule has 0 bridgehead atoms. The number of unbranched alkanes of at least 4 members (excludes halogenated alkanes) is 1. The van der Waals surface area contributed by atoms with Crippen LogP contribution in [0.4, 0.5) is 5.69 Å². The Bertz CT molecular complexity index is 689. The number of hydrogen-bond donors (Lipinski definition) is 2. The topological polar surface area (TPSA) is 42.8 Å². The summed E-state index contributed by atoms with van der Waals surface area (Å²) in [6, 6.07) is 16.1. The lowest BCUT2D eigenvalue weighted by atomic mass is 10.1. The molecule has 1 saturated heterocycles. The number of quaternary nitrogens is 1. The molecular weight excluding hydrogens is 324 g/mol. The number of hydrogen-bond acceptors (Lipinski definition) is 2. The van der Waals surface area contributed by atoms with Gasteiger partial charge in [0.15, 0.2) is 0 Å². The molecule has 0 atom stereocenters. The molecule has 0 radical (unpaired) electrons. The number of amides is 1. The van der Waals surface area contributed by atoms with Crippen LogP contribution in [0, 0.1) is 0 Å². The molecule has 4 heteroatoms. The number of anilines is 1. The van der Waals surface area contributed by atoms with Crippen molar-refractivity contribution in [3.8, 4) is 0 Å². The van der Waals surface area contributed by atoms with Gasteiger partial charge in [-0.1, -0.05) is 37.6 Å². The highest BCUT2D eigenvalue weighted by Crippen LogP contribution is 2.13. The van der Waals surface area contributed by atoms with Crippen LogP contribution in [0.3, 0.4) is 0 Å². The predicted molar refractivity (Wildman–Crippen MR) is 105 cm³/mol. The maximum absolute atomic E-state index is 12.4. The molecule has 1 heterocycles. The zero-order chi connectivity index (χ0) is 18.2. The van der Waals surface area contributed by atoms with Gasteiger partial charge in [0.05, 0.1) is 13.2 Å². The SMILES string of the molecule is CCCCc1ccc(NC(=O)c2ccc(C[NH+]3CCOCC3)cc2)cc1. The summed E-state index contributed by atoms with van der Waals surface area (Å²) in [7, 11) is 0. The fourth-order valence-corrected chi connectivity index (χ4v) is 3.24. The molecule has 3 rings (SSSR count). The molecule has 2 N–H and O–H groups in total. The molecule has 1 aliphatic heterocycles. The first-order valence-electron chi connectivity index (χ1n) is 9.65. The third-order valence-electron chi connectivity index (χ3n) is 4.90. The number of rotatable bonds is 7. The van der Waals surface area contributed by atoms with E-state index in [0.29, 0.717) is 5.56 Å². The van der Waals surface area contributed by atoms with E-state index in [4.69, 9.17) is 4.74 Å². The standard InChI is InChI=1S/C22H28N2O2/c1-2-3-4-18-7-11-21(12-8-18)23-22(25)20-9-5-19(6-10-20)17-24-13-15-26-16-14-24/h5-12H,2-4,13-17H2,1H3,(H,23,25)/p+1. The fourth-order valence-electron chi connectivity index (χ4n) is 3.24. The second-order valence-corrected chi connectivity index (χ2v) is 6.99. The van der Waals surface area contributed by atoms with Gasteiger partial charge in [0, 0.05) is 16.8 Å². The highest BCUT2D eigenvalue weighted by molar-refractivity contribution is 6.04. The van der Waals surface area contributed by atoms with E-state index in [0.717, 1.165) is 45.0 Å². The fraction of sp³-hybridized carbons (Fsp3) is 0.409. The quantitative estimate of drug-likeness (QED) is 0.804. The van der Waals surface area contributed by atoms with Crippen molar-refractivity contribution in [3.63, 3.8) is 0 Å². The first-order valence-corrected chi connectivity index (χ1v) is 9.65. The Labute approximate surface area is 156 Å². The predicted octanol–water partition coefficient (Wildman–Crippen LogP) is 2.70. The Morgan fingerprint density at radius 1 is 1.00 bits per heavy atom. The second-order valence-electron chi connectivity index (χ2n) is 6.99. The van der Waals surface area contributed by atoms with Crippen LogP contribution < -0.4 is 10.2 Å². The minimum atomic E-state index is -0.0587. The first-order chi connectivity index (χ1) is 12.7. The zero-order valence-corrected chi connectivity index (χ0v) is 15.6. The van der Waals surface area contributed by atoms with Gasteiger partial charge in [0.2, 0.25) is 0 Å². The van der Waals surface area contributed by atoms with Gasteiger partial charge in [0.1, 0.15) is 19.6 Å². The summed E-state index contributed by atoms with van der Waals surface area (Å²) in [5, 5.41) is 2.98. The minimum absolute atomic E-state index is 0.0587. The highest BCUT2D eigenvalue weighted by Gasteiger charge is 2.14. The number of aryl methyl sites for hydroxylation is 1. The zero-order valence-electron chi connectivity index (χ0n) is 15.6. The van der Waals surface area contributed by atoms with Crippen molar-refractivity contribution < 1.29 is 14.4 Å². The van der Waals surface area contributed by atoms with E-state index in [2.05, 4.69) is 36.5 Å². The van der Waals surface area contributed by atoms with Crippen LogP contribution in [0.15, 0.2) is 48.5 Å². The van der Waals surface area contributed by atoms with Crippen molar-refractivity contribution in [2.45, 2.75) is 32.7 Å². The normalized spacial score (nSPS) is 15.0. The number of carbonyl (C=O) groups excluding carboxylic acids is 1. The molecule has 1 amide bonds. The van der Waals surface area contributed by atoms with E-state index in [1.54, 1.807) is 0 Å². The van der Waals surface area contributed by atoms with Crippen LogP contribution in [0.1, 0.15) is 41.3 Å². The summed E-state index contributed by atoms with van der Waals surface area (Å²) in [5.41, 5.74) is 4.12. The summed E-state index contributed by atoms with van der Waals surface area (Å²) in [5.74, 6) is -0.0587. The van der Waals surface area contributed by atoms with Crippen LogP contribution in [0.2, 0.25) is 0 Å². The van der Waals surface area contributed by atoms with E-state index in [9.17, 15) is 4.79 Å². The molecule has 0 unspecified atom stereocenters. The van der Waals surface area contributed by atoms with Gasteiger partial charge >= 0.3 is 0 Å². The third-order valence-corrected chi connectivity index (χ3v) is 4.90. The first kappa shape index (κ1) is 18.6. The molecule has 26 heavy (non-hydrogen) atoms. The van der Waals surface area contributed by atoms with Crippen LogP contribution in [-0.4, -0.2) is 32.2 Å². The van der Waals surface area contributed by atoms with Gasteiger partial charge < -0.3 is 15.0 Å². The molecule has 0 spiro atoms. The van der Waals surface area contributed by atoms with E-state index in [-0.39, 0.29) is 5.91 Å².